The number of ether oxygens (including phenoxy) is 1. The maximum atomic E-state index is 5.39. The van der Waals surface area contributed by atoms with Crippen molar-refractivity contribution in [2.45, 2.75) is 13.5 Å². The van der Waals surface area contributed by atoms with Crippen LogP contribution < -0.4 is 0 Å². The van der Waals surface area contributed by atoms with Gasteiger partial charge >= 0.3 is 0 Å². The number of nitrogens with zero attached hydrogens (tertiary/aromatic N) is 2. The van der Waals surface area contributed by atoms with Gasteiger partial charge in [-0.15, -0.1) is 0 Å². The van der Waals surface area contributed by atoms with Crippen LogP contribution in [0.1, 0.15) is 11.6 Å². The molecule has 0 bridgehead atoms. The third-order valence-electron chi connectivity index (χ3n) is 1.97. The van der Waals surface area contributed by atoms with E-state index in [0.29, 0.717) is 18.3 Å². The quantitative estimate of drug-likeness (QED) is 0.768. The van der Waals surface area contributed by atoms with Gasteiger partial charge in [-0.05, 0) is 12.1 Å². The summed E-state index contributed by atoms with van der Waals surface area (Å²) in [7, 11) is 1.65. The van der Waals surface area contributed by atoms with E-state index in [1.807, 2.05) is 25.1 Å². The second-order valence-corrected chi connectivity index (χ2v) is 3.19. The maximum Gasteiger partial charge on any atom is 0.191 e. The van der Waals surface area contributed by atoms with Crippen LogP contribution in [0.3, 0.4) is 0 Å². The number of hydrogen-bond donors (Lipinski definition) is 0. The highest BCUT2D eigenvalue weighted by molar-refractivity contribution is 5.50. The van der Waals surface area contributed by atoms with Crippen molar-refractivity contribution in [2.75, 3.05) is 7.11 Å². The van der Waals surface area contributed by atoms with E-state index in [9.17, 15) is 0 Å². The van der Waals surface area contributed by atoms with Crippen LogP contribution in [-0.2, 0) is 11.3 Å². The first-order valence-electron chi connectivity index (χ1n) is 4.67. The van der Waals surface area contributed by atoms with Crippen molar-refractivity contribution < 1.29 is 9.15 Å². The first-order chi connectivity index (χ1) is 7.29. The lowest BCUT2D eigenvalue weighted by Gasteiger charge is -2.00. The van der Waals surface area contributed by atoms with Gasteiger partial charge in [-0.3, -0.25) is 0 Å². The molecule has 0 amide bonds. The molecule has 0 aromatic carbocycles. The molecule has 0 aliphatic rings. The molecule has 0 spiro atoms. The topological polar surface area (TPSA) is 48.2 Å². The van der Waals surface area contributed by atoms with Gasteiger partial charge in [-0.25, -0.2) is 9.97 Å². The summed E-state index contributed by atoms with van der Waals surface area (Å²) in [5.74, 6) is 1.33. The molecule has 0 fully saturated rings. The first-order valence-corrected chi connectivity index (χ1v) is 4.67. The summed E-state index contributed by atoms with van der Waals surface area (Å²) in [6.45, 7) is 2.31. The molecule has 0 aliphatic carbocycles. The van der Waals surface area contributed by atoms with Crippen molar-refractivity contribution in [3.05, 3.63) is 36.0 Å². The Hall–Kier alpha value is -1.68. The van der Waals surface area contributed by atoms with Crippen LogP contribution in [0.15, 0.2) is 28.8 Å². The minimum absolute atomic E-state index is 0.501. The molecule has 0 radical (unpaired) electrons. The lowest BCUT2D eigenvalue weighted by molar-refractivity contribution is 0.181. The van der Waals surface area contributed by atoms with Crippen LogP contribution in [0.5, 0.6) is 0 Å². The molecule has 2 rings (SSSR count). The fourth-order valence-electron chi connectivity index (χ4n) is 1.32. The monoisotopic (exact) mass is 204 g/mol. The summed E-state index contributed by atoms with van der Waals surface area (Å²) in [5, 5.41) is 0. The van der Waals surface area contributed by atoms with E-state index >= 15 is 0 Å². The molecule has 2 aromatic heterocycles. The number of rotatable bonds is 3. The Bertz CT molecular complexity index is 451. The maximum absolute atomic E-state index is 5.39. The zero-order chi connectivity index (χ0) is 10.7. The number of pyridine rings is 1. The Morgan fingerprint density at radius 3 is 2.93 bits per heavy atom. The van der Waals surface area contributed by atoms with E-state index in [1.165, 1.54) is 0 Å². The van der Waals surface area contributed by atoms with Gasteiger partial charge in [-0.1, -0.05) is 6.07 Å². The van der Waals surface area contributed by atoms with Crippen LogP contribution in [0.2, 0.25) is 0 Å². The smallest absolute Gasteiger partial charge is 0.191 e. The molecule has 0 N–H and O–H groups in total. The van der Waals surface area contributed by atoms with Gasteiger partial charge in [0.15, 0.2) is 11.7 Å². The SMILES string of the molecule is COCc1cccc(-c2cnc(C)o2)n1. The molecule has 0 aliphatic heterocycles. The largest absolute Gasteiger partial charge is 0.439 e. The molecule has 0 saturated carbocycles. The molecule has 0 atom stereocenters. The van der Waals surface area contributed by atoms with Crippen molar-refractivity contribution in [2.24, 2.45) is 0 Å². The van der Waals surface area contributed by atoms with Crippen molar-refractivity contribution in [1.29, 1.82) is 0 Å². The zero-order valence-corrected chi connectivity index (χ0v) is 8.73. The van der Waals surface area contributed by atoms with Gasteiger partial charge in [0.2, 0.25) is 0 Å². The minimum Gasteiger partial charge on any atom is -0.439 e. The summed E-state index contributed by atoms with van der Waals surface area (Å²) in [6, 6.07) is 5.73. The molecular weight excluding hydrogens is 192 g/mol. The fourth-order valence-corrected chi connectivity index (χ4v) is 1.32. The molecule has 15 heavy (non-hydrogen) atoms. The van der Waals surface area contributed by atoms with Gasteiger partial charge in [0.1, 0.15) is 5.69 Å². The summed E-state index contributed by atoms with van der Waals surface area (Å²) in [6.07, 6.45) is 1.67. The molecule has 4 nitrogen and oxygen atoms in total. The second-order valence-electron chi connectivity index (χ2n) is 3.19. The zero-order valence-electron chi connectivity index (χ0n) is 8.73. The average Bonchev–Trinajstić information content (AvgIpc) is 2.66. The van der Waals surface area contributed by atoms with E-state index in [1.54, 1.807) is 13.3 Å². The van der Waals surface area contributed by atoms with Crippen molar-refractivity contribution >= 4 is 0 Å². The van der Waals surface area contributed by atoms with Crippen LogP contribution in [-0.4, -0.2) is 17.1 Å². The van der Waals surface area contributed by atoms with E-state index in [0.717, 1.165) is 11.4 Å². The molecule has 0 unspecified atom stereocenters. The van der Waals surface area contributed by atoms with Crippen LogP contribution >= 0.6 is 0 Å². The highest BCUT2D eigenvalue weighted by Gasteiger charge is 2.05. The Morgan fingerprint density at radius 1 is 1.40 bits per heavy atom. The molecule has 4 heteroatoms. The molecule has 0 saturated heterocycles. The van der Waals surface area contributed by atoms with Gasteiger partial charge in [0.05, 0.1) is 18.5 Å². The summed E-state index contributed by atoms with van der Waals surface area (Å²) in [5.41, 5.74) is 1.66. The van der Waals surface area contributed by atoms with Gasteiger partial charge in [0, 0.05) is 14.0 Å². The molecule has 78 valence electrons. The van der Waals surface area contributed by atoms with Crippen molar-refractivity contribution in [3.8, 4) is 11.5 Å². The number of aryl methyl sites for hydroxylation is 1. The van der Waals surface area contributed by atoms with Gasteiger partial charge in [0.25, 0.3) is 0 Å². The number of methoxy groups -OCH3 is 1. The van der Waals surface area contributed by atoms with E-state index < -0.39 is 0 Å². The number of hydrogen-bond acceptors (Lipinski definition) is 4. The van der Waals surface area contributed by atoms with Crippen molar-refractivity contribution in [1.82, 2.24) is 9.97 Å². The Kier molecular flexibility index (Phi) is 2.78. The van der Waals surface area contributed by atoms with E-state index in [4.69, 9.17) is 9.15 Å². The molecular formula is C11H12N2O2. The third kappa shape index (κ3) is 2.22. The second kappa shape index (κ2) is 4.23. The number of oxazole rings is 1. The average molecular weight is 204 g/mol. The summed E-state index contributed by atoms with van der Waals surface area (Å²) in [4.78, 5) is 8.42. The number of aromatic nitrogens is 2. The summed E-state index contributed by atoms with van der Waals surface area (Å²) < 4.78 is 10.4. The van der Waals surface area contributed by atoms with Gasteiger partial charge < -0.3 is 9.15 Å². The van der Waals surface area contributed by atoms with E-state index in [2.05, 4.69) is 9.97 Å². The Balaban J connectivity index is 2.32. The summed E-state index contributed by atoms with van der Waals surface area (Å²) >= 11 is 0. The lowest BCUT2D eigenvalue weighted by atomic mass is 10.3. The third-order valence-corrected chi connectivity index (χ3v) is 1.97. The highest BCUT2D eigenvalue weighted by Crippen LogP contribution is 2.17. The fraction of sp³-hybridized carbons (Fsp3) is 0.273. The predicted octanol–water partition coefficient (Wildman–Crippen LogP) is 2.19. The Morgan fingerprint density at radius 2 is 2.27 bits per heavy atom. The Labute approximate surface area is 87.9 Å². The van der Waals surface area contributed by atoms with Gasteiger partial charge in [-0.2, -0.15) is 0 Å². The van der Waals surface area contributed by atoms with E-state index in [-0.39, 0.29) is 0 Å². The first kappa shape index (κ1) is 9.86. The molecule has 2 aromatic rings. The van der Waals surface area contributed by atoms with Crippen molar-refractivity contribution in [3.63, 3.8) is 0 Å². The minimum atomic E-state index is 0.501. The van der Waals surface area contributed by atoms with Crippen LogP contribution in [0, 0.1) is 6.92 Å². The van der Waals surface area contributed by atoms with Crippen LogP contribution in [0.4, 0.5) is 0 Å². The standard InChI is InChI=1S/C11H12N2O2/c1-8-12-6-11(15-8)10-5-3-4-9(13-10)7-14-2/h3-6H,7H2,1-2H3. The highest BCUT2D eigenvalue weighted by atomic mass is 16.5. The van der Waals surface area contributed by atoms with Crippen LogP contribution in [0.25, 0.3) is 11.5 Å². The normalized spacial score (nSPS) is 10.5. The lowest BCUT2D eigenvalue weighted by Crippen LogP contribution is -1.92. The predicted molar refractivity (Wildman–Crippen MR) is 55.2 cm³/mol. The molecule has 2 heterocycles.